The molecular formula is C9H11NO4S2. The average Bonchev–Trinajstić information content (AvgIpc) is 2.61. The monoisotopic (exact) mass is 261 g/mol. The summed E-state index contributed by atoms with van der Waals surface area (Å²) in [6, 6.07) is 8.40. The molecular weight excluding hydrogens is 250 g/mol. The maximum atomic E-state index is 9.22. The Morgan fingerprint density at radius 3 is 2.44 bits per heavy atom. The second-order valence-electron chi connectivity index (χ2n) is 2.88. The van der Waals surface area contributed by atoms with Crippen molar-refractivity contribution in [1.29, 1.82) is 0 Å². The predicted molar refractivity (Wildman–Crippen MR) is 59.7 cm³/mol. The van der Waals surface area contributed by atoms with Gasteiger partial charge in [-0.15, -0.1) is 0 Å². The van der Waals surface area contributed by atoms with E-state index in [-0.39, 0.29) is 0 Å². The molecule has 1 aromatic heterocycles. The third kappa shape index (κ3) is 3.86. The lowest BCUT2D eigenvalue weighted by molar-refractivity contribution is -0.640. The van der Waals surface area contributed by atoms with Crippen molar-refractivity contribution in [2.75, 3.05) is 7.11 Å². The van der Waals surface area contributed by atoms with Gasteiger partial charge in [0.25, 0.3) is 0 Å². The van der Waals surface area contributed by atoms with Gasteiger partial charge in [-0.2, -0.15) is 4.57 Å². The van der Waals surface area contributed by atoms with Gasteiger partial charge in [-0.05, 0) is 6.07 Å². The molecule has 0 saturated carbocycles. The van der Waals surface area contributed by atoms with Crippen LogP contribution >= 0.6 is 11.3 Å². The lowest BCUT2D eigenvalue weighted by Crippen LogP contribution is -2.24. The number of aryl methyl sites for hydroxylation is 1. The van der Waals surface area contributed by atoms with Gasteiger partial charge in [-0.3, -0.25) is 4.18 Å². The Labute approximate surface area is 97.9 Å². The largest absolute Gasteiger partial charge is 0.726 e. The number of hydrogen-bond donors (Lipinski definition) is 0. The third-order valence-corrected chi connectivity index (χ3v) is 3.22. The van der Waals surface area contributed by atoms with Gasteiger partial charge in [0.2, 0.25) is 21.4 Å². The van der Waals surface area contributed by atoms with Crippen LogP contribution in [0.2, 0.25) is 0 Å². The zero-order valence-corrected chi connectivity index (χ0v) is 10.4. The van der Waals surface area contributed by atoms with Crippen LogP contribution in [0.25, 0.3) is 10.2 Å². The van der Waals surface area contributed by atoms with Gasteiger partial charge >= 0.3 is 0 Å². The first-order valence-electron chi connectivity index (χ1n) is 4.27. The van der Waals surface area contributed by atoms with Gasteiger partial charge in [-0.25, -0.2) is 8.42 Å². The van der Waals surface area contributed by atoms with Gasteiger partial charge in [0.15, 0.2) is 0 Å². The lowest BCUT2D eigenvalue weighted by Gasteiger charge is -1.98. The molecule has 1 heterocycles. The van der Waals surface area contributed by atoms with Gasteiger partial charge in [0.05, 0.1) is 7.11 Å². The van der Waals surface area contributed by atoms with Crippen LogP contribution in [0.3, 0.4) is 0 Å². The summed E-state index contributed by atoms with van der Waals surface area (Å²) in [5, 5.41) is 0. The first-order valence-corrected chi connectivity index (χ1v) is 6.48. The number of aromatic nitrogens is 1. The Kier molecular flexibility index (Phi) is 4.36. The Hall–Kier alpha value is -1.02. The summed E-state index contributed by atoms with van der Waals surface area (Å²) in [5.41, 5.74) is 3.43. The van der Waals surface area contributed by atoms with E-state index < -0.39 is 10.4 Å². The minimum Gasteiger partial charge on any atom is -0.726 e. The summed E-state index contributed by atoms with van der Waals surface area (Å²) < 4.78 is 34.5. The van der Waals surface area contributed by atoms with E-state index in [1.165, 1.54) is 10.2 Å². The highest BCUT2D eigenvalue weighted by atomic mass is 32.3. The molecule has 88 valence electrons. The molecule has 0 N–H and O–H groups in total. The summed E-state index contributed by atoms with van der Waals surface area (Å²) in [6.45, 7) is 0. The zero-order valence-electron chi connectivity index (χ0n) is 8.78. The topological polar surface area (TPSA) is 70.3 Å². The van der Waals surface area contributed by atoms with Crippen LogP contribution < -0.4 is 4.57 Å². The minimum absolute atomic E-state index is 0.808. The highest BCUT2D eigenvalue weighted by Gasteiger charge is 2.03. The smallest absolute Gasteiger partial charge is 0.225 e. The third-order valence-electron chi connectivity index (χ3n) is 1.79. The van der Waals surface area contributed by atoms with Crippen molar-refractivity contribution in [3.8, 4) is 0 Å². The molecule has 7 heteroatoms. The van der Waals surface area contributed by atoms with E-state index in [0.717, 1.165) is 7.11 Å². The molecule has 0 saturated heterocycles. The summed E-state index contributed by atoms with van der Waals surface area (Å²) in [4.78, 5) is 0. The molecule has 0 aliphatic carbocycles. The molecule has 0 radical (unpaired) electrons. The van der Waals surface area contributed by atoms with Crippen LogP contribution in [0.5, 0.6) is 0 Å². The number of fused-ring (bicyclic) bond motifs is 1. The van der Waals surface area contributed by atoms with Gasteiger partial charge < -0.3 is 4.55 Å². The molecule has 0 fully saturated rings. The Bertz CT molecular complexity index is 562. The molecule has 0 bridgehead atoms. The molecule has 0 amide bonds. The predicted octanol–water partition coefficient (Wildman–Crippen LogP) is 0.819. The molecule has 0 aliphatic heterocycles. The summed E-state index contributed by atoms with van der Waals surface area (Å²) in [7, 11) is -1.54. The van der Waals surface area contributed by atoms with Crippen molar-refractivity contribution >= 4 is 32.0 Å². The fourth-order valence-corrected chi connectivity index (χ4v) is 1.92. The van der Waals surface area contributed by atoms with Crippen LogP contribution in [0, 0.1) is 0 Å². The molecule has 0 atom stereocenters. The van der Waals surface area contributed by atoms with E-state index in [9.17, 15) is 13.0 Å². The second-order valence-corrected chi connectivity index (χ2v) is 4.91. The number of nitrogens with zero attached hydrogens (tertiary/aromatic N) is 1. The van der Waals surface area contributed by atoms with Gasteiger partial charge in [0.1, 0.15) is 11.7 Å². The number of rotatable bonds is 1. The number of para-hydroxylation sites is 1. The molecule has 0 spiro atoms. The van der Waals surface area contributed by atoms with Crippen molar-refractivity contribution in [3.05, 3.63) is 29.8 Å². The zero-order chi connectivity index (χ0) is 12.2. The maximum absolute atomic E-state index is 9.22. The molecule has 0 aliphatic rings. The maximum Gasteiger partial charge on any atom is 0.225 e. The number of hydrogen-bond acceptors (Lipinski definition) is 5. The Morgan fingerprint density at radius 1 is 1.38 bits per heavy atom. The Balaban J connectivity index is 0.000000187. The highest BCUT2D eigenvalue weighted by molar-refractivity contribution is 7.80. The van der Waals surface area contributed by atoms with E-state index in [2.05, 4.69) is 45.6 Å². The van der Waals surface area contributed by atoms with Crippen molar-refractivity contribution in [1.82, 2.24) is 0 Å². The van der Waals surface area contributed by atoms with E-state index in [4.69, 9.17) is 0 Å². The molecule has 2 aromatic rings. The van der Waals surface area contributed by atoms with E-state index in [1.54, 1.807) is 11.3 Å². The van der Waals surface area contributed by atoms with Crippen LogP contribution in [-0.4, -0.2) is 20.1 Å². The first kappa shape index (κ1) is 13.0. The lowest BCUT2D eigenvalue weighted by atomic mass is 10.3. The molecule has 1 aromatic carbocycles. The number of benzene rings is 1. The standard InChI is InChI=1S/C8H8NS.CH4O4S/c1-9-6-10-8-5-3-2-4-7(8)9;1-5-6(2,3)4/h2-6H,1H3;1H3,(H,2,3,4)/q+1;/p-1. The second kappa shape index (κ2) is 5.35. The average molecular weight is 261 g/mol. The van der Waals surface area contributed by atoms with Crippen molar-refractivity contribution in [2.45, 2.75) is 0 Å². The van der Waals surface area contributed by atoms with Gasteiger partial charge in [-0.1, -0.05) is 23.5 Å². The van der Waals surface area contributed by atoms with Crippen molar-refractivity contribution in [3.63, 3.8) is 0 Å². The Morgan fingerprint density at radius 2 is 1.94 bits per heavy atom. The van der Waals surface area contributed by atoms with Crippen LogP contribution in [0.1, 0.15) is 0 Å². The van der Waals surface area contributed by atoms with Gasteiger partial charge in [0, 0.05) is 6.07 Å². The SMILES string of the molecule is COS(=O)(=O)[O-].C[n+]1csc2ccccc21. The summed E-state index contributed by atoms with van der Waals surface area (Å²) in [6.07, 6.45) is 0. The molecule has 0 unspecified atom stereocenters. The van der Waals surface area contributed by atoms with Crippen molar-refractivity contribution in [2.24, 2.45) is 7.05 Å². The summed E-state index contributed by atoms with van der Waals surface area (Å²) >= 11 is 1.78. The molecule has 16 heavy (non-hydrogen) atoms. The van der Waals surface area contributed by atoms with Crippen LogP contribution in [-0.2, 0) is 21.6 Å². The van der Waals surface area contributed by atoms with Crippen molar-refractivity contribution < 1.29 is 21.7 Å². The summed E-state index contributed by atoms with van der Waals surface area (Å²) in [5.74, 6) is 0. The fourth-order valence-electron chi connectivity index (χ4n) is 1.04. The number of thiazole rings is 1. The van der Waals surface area contributed by atoms with Crippen LogP contribution in [0.15, 0.2) is 29.8 Å². The normalized spacial score (nSPS) is 10.9. The molecule has 5 nitrogen and oxygen atoms in total. The van der Waals surface area contributed by atoms with E-state index >= 15 is 0 Å². The van der Waals surface area contributed by atoms with E-state index in [1.807, 2.05) is 0 Å². The quantitative estimate of drug-likeness (QED) is 0.433. The minimum atomic E-state index is -4.41. The fraction of sp³-hybridized carbons (Fsp3) is 0.222. The van der Waals surface area contributed by atoms with Crippen LogP contribution in [0.4, 0.5) is 0 Å². The van der Waals surface area contributed by atoms with E-state index in [0.29, 0.717) is 0 Å². The molecule has 2 rings (SSSR count). The first-order chi connectivity index (χ1) is 7.44. The highest BCUT2D eigenvalue weighted by Crippen LogP contribution is 2.13.